The lowest BCUT2D eigenvalue weighted by Crippen LogP contribution is -2.38. The molecule has 0 saturated carbocycles. The fourth-order valence-electron chi connectivity index (χ4n) is 2.28. The van der Waals surface area contributed by atoms with Gasteiger partial charge in [0, 0.05) is 18.0 Å². The third-order valence-corrected chi connectivity index (χ3v) is 5.06. The maximum absolute atomic E-state index is 9.73. The van der Waals surface area contributed by atoms with Crippen molar-refractivity contribution >= 4 is 38.4 Å². The second-order valence-corrected chi connectivity index (χ2v) is 6.46. The molecule has 1 N–H and O–H groups in total. The van der Waals surface area contributed by atoms with Gasteiger partial charge >= 0.3 is 0 Å². The van der Waals surface area contributed by atoms with E-state index in [0.29, 0.717) is 0 Å². The Balaban J connectivity index is 1.92. The van der Waals surface area contributed by atoms with Crippen LogP contribution in [0.1, 0.15) is 12.8 Å². The number of nitrogens with zero attached hydrogens (tertiary/aromatic N) is 2. The van der Waals surface area contributed by atoms with Crippen molar-refractivity contribution in [3.8, 4) is 0 Å². The minimum Gasteiger partial charge on any atom is -0.391 e. The molecule has 0 amide bonds. The number of thiazole rings is 1. The summed E-state index contributed by atoms with van der Waals surface area (Å²) >= 11 is 3.48. The van der Waals surface area contributed by atoms with Gasteiger partial charge in [-0.25, -0.2) is 4.98 Å². The molecule has 1 aliphatic rings. The van der Waals surface area contributed by atoms with Gasteiger partial charge in [0.05, 0.1) is 16.3 Å². The van der Waals surface area contributed by atoms with E-state index in [1.54, 1.807) is 23.1 Å². The van der Waals surface area contributed by atoms with Crippen LogP contribution in [0.25, 0.3) is 10.2 Å². The number of rotatable bonds is 2. The van der Waals surface area contributed by atoms with E-state index < -0.39 is 0 Å². The second kappa shape index (κ2) is 5.07. The summed E-state index contributed by atoms with van der Waals surface area (Å²) in [7, 11) is 0. The van der Waals surface area contributed by atoms with Crippen molar-refractivity contribution in [2.75, 3.05) is 24.2 Å². The molecule has 0 radical (unpaired) electrons. The third kappa shape index (κ3) is 2.35. The molecule has 0 bridgehead atoms. The Morgan fingerprint density at radius 3 is 3.17 bits per heavy atom. The molecule has 1 atom stereocenters. The Morgan fingerprint density at radius 2 is 2.39 bits per heavy atom. The maximum Gasteiger partial charge on any atom is 0.186 e. The van der Waals surface area contributed by atoms with E-state index in [1.165, 1.54) is 9.60 Å². The fourth-order valence-corrected chi connectivity index (χ4v) is 3.84. The molecule has 1 aromatic carbocycles. The Hall–Kier alpha value is -0.780. The van der Waals surface area contributed by atoms with Gasteiger partial charge in [0.15, 0.2) is 5.13 Å². The number of fused-ring (bicyclic) bond motifs is 1. The van der Waals surface area contributed by atoms with Gasteiger partial charge in [-0.15, -0.1) is 11.8 Å². The molecule has 18 heavy (non-hydrogen) atoms. The molecule has 1 aromatic heterocycles. The molecule has 1 aliphatic heterocycles. The smallest absolute Gasteiger partial charge is 0.186 e. The van der Waals surface area contributed by atoms with Crippen LogP contribution < -0.4 is 4.90 Å². The zero-order valence-electron chi connectivity index (χ0n) is 10.3. The van der Waals surface area contributed by atoms with Crippen LogP contribution >= 0.6 is 23.1 Å². The molecule has 3 nitrogen and oxygen atoms in total. The molecule has 0 aliphatic carbocycles. The van der Waals surface area contributed by atoms with Crippen molar-refractivity contribution in [3.63, 3.8) is 0 Å². The SMILES string of the molecule is CSc1ccc2nc(N3CCCC(O)C3)sc2c1. The minimum absolute atomic E-state index is 0.201. The summed E-state index contributed by atoms with van der Waals surface area (Å²) in [5.41, 5.74) is 1.06. The number of hydrogen-bond donors (Lipinski definition) is 1. The lowest BCUT2D eigenvalue weighted by molar-refractivity contribution is 0.154. The first-order valence-corrected chi connectivity index (χ1v) is 8.18. The molecular formula is C13H16N2OS2. The fraction of sp³-hybridized carbons (Fsp3) is 0.462. The van der Waals surface area contributed by atoms with Gasteiger partial charge in [0.25, 0.3) is 0 Å². The summed E-state index contributed by atoms with van der Waals surface area (Å²) in [5.74, 6) is 0. The van der Waals surface area contributed by atoms with Crippen LogP contribution in [0.15, 0.2) is 23.1 Å². The molecule has 3 rings (SSSR count). The average molecular weight is 280 g/mol. The summed E-state index contributed by atoms with van der Waals surface area (Å²) in [4.78, 5) is 8.15. The molecule has 2 heterocycles. The highest BCUT2D eigenvalue weighted by molar-refractivity contribution is 7.98. The van der Waals surface area contributed by atoms with Gasteiger partial charge in [-0.1, -0.05) is 11.3 Å². The number of thioether (sulfide) groups is 1. The van der Waals surface area contributed by atoms with Crippen LogP contribution in [0.5, 0.6) is 0 Å². The third-order valence-electron chi connectivity index (χ3n) is 3.25. The molecular weight excluding hydrogens is 264 g/mol. The quantitative estimate of drug-likeness (QED) is 0.858. The Morgan fingerprint density at radius 1 is 1.50 bits per heavy atom. The second-order valence-electron chi connectivity index (χ2n) is 4.57. The van der Waals surface area contributed by atoms with Crippen molar-refractivity contribution < 1.29 is 5.11 Å². The summed E-state index contributed by atoms with van der Waals surface area (Å²) in [5, 5.41) is 10.8. The predicted octanol–water partition coefficient (Wildman–Crippen LogP) is 2.98. The average Bonchev–Trinajstić information content (AvgIpc) is 2.81. The summed E-state index contributed by atoms with van der Waals surface area (Å²) in [6.07, 6.45) is 3.85. The van der Waals surface area contributed by atoms with Gasteiger partial charge in [-0.05, 0) is 37.3 Å². The number of β-amino-alcohol motifs (C(OH)–C–C–N with tert-alkyl or cyclic N) is 1. The minimum atomic E-state index is -0.201. The summed E-state index contributed by atoms with van der Waals surface area (Å²) in [6.45, 7) is 1.72. The van der Waals surface area contributed by atoms with Crippen LogP contribution in [0, 0.1) is 0 Å². The molecule has 1 saturated heterocycles. The van der Waals surface area contributed by atoms with Gasteiger partial charge in [-0.3, -0.25) is 0 Å². The lowest BCUT2D eigenvalue weighted by Gasteiger charge is -2.29. The highest BCUT2D eigenvalue weighted by Gasteiger charge is 2.20. The highest BCUT2D eigenvalue weighted by Crippen LogP contribution is 2.32. The lowest BCUT2D eigenvalue weighted by atomic mass is 10.1. The number of hydrogen-bond acceptors (Lipinski definition) is 5. The van der Waals surface area contributed by atoms with Gasteiger partial charge in [0.2, 0.25) is 0 Å². The molecule has 1 fully saturated rings. The molecule has 2 aromatic rings. The predicted molar refractivity (Wildman–Crippen MR) is 78.9 cm³/mol. The number of piperidine rings is 1. The number of benzene rings is 1. The number of aliphatic hydroxyl groups excluding tert-OH is 1. The van der Waals surface area contributed by atoms with Crippen molar-refractivity contribution in [2.24, 2.45) is 0 Å². The number of anilines is 1. The van der Waals surface area contributed by atoms with Crippen molar-refractivity contribution in [2.45, 2.75) is 23.8 Å². The van der Waals surface area contributed by atoms with Crippen LogP contribution in [-0.2, 0) is 0 Å². The topological polar surface area (TPSA) is 36.4 Å². The Bertz CT molecular complexity index is 555. The van der Waals surface area contributed by atoms with Gasteiger partial charge < -0.3 is 10.0 Å². The van der Waals surface area contributed by atoms with E-state index >= 15 is 0 Å². The normalized spacial score (nSPS) is 20.6. The molecule has 1 unspecified atom stereocenters. The van der Waals surface area contributed by atoms with Crippen LogP contribution in [0.4, 0.5) is 5.13 Å². The maximum atomic E-state index is 9.73. The van der Waals surface area contributed by atoms with Crippen LogP contribution in [0.2, 0.25) is 0 Å². The van der Waals surface area contributed by atoms with Crippen LogP contribution in [-0.4, -0.2) is 35.5 Å². The number of aliphatic hydroxyl groups is 1. The number of aromatic nitrogens is 1. The zero-order chi connectivity index (χ0) is 12.5. The van der Waals surface area contributed by atoms with E-state index in [9.17, 15) is 5.11 Å². The van der Waals surface area contributed by atoms with Crippen molar-refractivity contribution in [3.05, 3.63) is 18.2 Å². The molecule has 96 valence electrons. The monoisotopic (exact) mass is 280 g/mol. The Labute approximate surface area is 115 Å². The largest absolute Gasteiger partial charge is 0.391 e. The first kappa shape index (κ1) is 12.3. The zero-order valence-corrected chi connectivity index (χ0v) is 11.9. The van der Waals surface area contributed by atoms with Crippen molar-refractivity contribution in [1.29, 1.82) is 0 Å². The van der Waals surface area contributed by atoms with E-state index in [-0.39, 0.29) is 6.10 Å². The van der Waals surface area contributed by atoms with E-state index in [0.717, 1.165) is 36.6 Å². The summed E-state index contributed by atoms with van der Waals surface area (Å²) < 4.78 is 1.23. The Kier molecular flexibility index (Phi) is 3.46. The standard InChI is InChI=1S/C13H16N2OS2/c1-17-10-4-5-11-12(7-10)18-13(14-11)15-6-2-3-9(16)8-15/h4-5,7,9,16H,2-3,6,8H2,1H3. The van der Waals surface area contributed by atoms with E-state index in [4.69, 9.17) is 0 Å². The molecule has 0 spiro atoms. The van der Waals surface area contributed by atoms with Crippen LogP contribution in [0.3, 0.4) is 0 Å². The first-order valence-electron chi connectivity index (χ1n) is 6.14. The van der Waals surface area contributed by atoms with E-state index in [1.807, 2.05) is 0 Å². The summed E-state index contributed by atoms with van der Waals surface area (Å²) in [6, 6.07) is 6.39. The van der Waals surface area contributed by atoms with Gasteiger partial charge in [-0.2, -0.15) is 0 Å². The van der Waals surface area contributed by atoms with Crippen molar-refractivity contribution in [1.82, 2.24) is 4.98 Å². The van der Waals surface area contributed by atoms with Gasteiger partial charge in [0.1, 0.15) is 0 Å². The first-order chi connectivity index (χ1) is 8.76. The van der Waals surface area contributed by atoms with E-state index in [2.05, 4.69) is 34.3 Å². The molecule has 5 heteroatoms. The highest BCUT2D eigenvalue weighted by atomic mass is 32.2.